The van der Waals surface area contributed by atoms with Crippen molar-refractivity contribution in [3.05, 3.63) is 94.0 Å². The van der Waals surface area contributed by atoms with Crippen LogP contribution in [0, 0.1) is 12.8 Å². The SMILES string of the molecule is CCC(C(=O)NCC(C)C)N(CCc1ccccc1)C(=O)CN(c1cc(Cl)ccc1Cl)S(=O)(=O)c1ccc(C)cc1. The van der Waals surface area contributed by atoms with Crippen LogP contribution >= 0.6 is 23.2 Å². The molecule has 0 aromatic heterocycles. The Morgan fingerprint density at radius 1 is 0.951 bits per heavy atom. The Balaban J connectivity index is 2.04. The Hall–Kier alpha value is -3.07. The van der Waals surface area contributed by atoms with Crippen molar-refractivity contribution in [3.8, 4) is 0 Å². The van der Waals surface area contributed by atoms with E-state index in [9.17, 15) is 18.0 Å². The molecule has 7 nitrogen and oxygen atoms in total. The van der Waals surface area contributed by atoms with E-state index in [-0.39, 0.29) is 39.0 Å². The van der Waals surface area contributed by atoms with Crippen LogP contribution in [0.15, 0.2) is 77.7 Å². The number of carbonyl (C=O) groups is 2. The minimum atomic E-state index is -4.24. The predicted molar refractivity (Wildman–Crippen MR) is 166 cm³/mol. The number of hydrogen-bond acceptors (Lipinski definition) is 4. The lowest BCUT2D eigenvalue weighted by molar-refractivity contribution is -0.139. The summed E-state index contributed by atoms with van der Waals surface area (Å²) in [6.45, 7) is 7.77. The van der Waals surface area contributed by atoms with Gasteiger partial charge in [0.1, 0.15) is 12.6 Å². The van der Waals surface area contributed by atoms with Crippen LogP contribution in [-0.2, 0) is 26.0 Å². The number of benzene rings is 3. The number of amides is 2. The molecule has 0 bridgehead atoms. The molecule has 1 atom stereocenters. The van der Waals surface area contributed by atoms with Crippen molar-refractivity contribution in [1.29, 1.82) is 0 Å². The van der Waals surface area contributed by atoms with Crippen LogP contribution in [0.1, 0.15) is 38.3 Å². The van der Waals surface area contributed by atoms with Gasteiger partial charge in [-0.25, -0.2) is 8.42 Å². The van der Waals surface area contributed by atoms with Crippen LogP contribution in [0.2, 0.25) is 10.0 Å². The van der Waals surface area contributed by atoms with Crippen LogP contribution in [0.4, 0.5) is 5.69 Å². The van der Waals surface area contributed by atoms with Crippen LogP contribution in [0.25, 0.3) is 0 Å². The number of hydrogen-bond donors (Lipinski definition) is 1. The highest BCUT2D eigenvalue weighted by molar-refractivity contribution is 7.92. The van der Waals surface area contributed by atoms with Crippen molar-refractivity contribution >= 4 is 50.7 Å². The second-order valence-electron chi connectivity index (χ2n) is 10.3. The number of aryl methyl sites for hydroxylation is 1. The van der Waals surface area contributed by atoms with E-state index in [1.54, 1.807) is 18.2 Å². The topological polar surface area (TPSA) is 86.8 Å². The summed E-state index contributed by atoms with van der Waals surface area (Å²) >= 11 is 12.7. The smallest absolute Gasteiger partial charge is 0.264 e. The first-order valence-electron chi connectivity index (χ1n) is 13.6. The summed E-state index contributed by atoms with van der Waals surface area (Å²) in [7, 11) is -4.24. The van der Waals surface area contributed by atoms with Crippen molar-refractivity contribution < 1.29 is 18.0 Å². The van der Waals surface area contributed by atoms with Crippen molar-refractivity contribution in [2.75, 3.05) is 23.9 Å². The number of anilines is 1. The lowest BCUT2D eigenvalue weighted by atomic mass is 10.1. The first-order valence-corrected chi connectivity index (χ1v) is 15.8. The Kier molecular flexibility index (Phi) is 11.6. The molecule has 41 heavy (non-hydrogen) atoms. The van der Waals surface area contributed by atoms with Gasteiger partial charge in [0, 0.05) is 18.1 Å². The normalized spacial score (nSPS) is 12.2. The molecule has 0 spiro atoms. The second kappa shape index (κ2) is 14.7. The molecular weight excluding hydrogens is 581 g/mol. The fraction of sp³-hybridized carbons (Fsp3) is 0.355. The molecule has 0 aliphatic heterocycles. The molecule has 0 radical (unpaired) electrons. The van der Waals surface area contributed by atoms with Gasteiger partial charge in [-0.3, -0.25) is 13.9 Å². The number of sulfonamides is 1. The fourth-order valence-corrected chi connectivity index (χ4v) is 6.21. The standard InChI is InChI=1S/C31H37Cl2N3O4S/c1-5-28(31(38)34-20-22(2)3)35(18-17-24-9-7-6-8-10-24)30(37)21-36(29-19-25(32)13-16-27(29)33)41(39,40)26-14-11-23(4)12-15-26/h6-16,19,22,28H,5,17-18,20-21H2,1-4H3,(H,34,38). The third-order valence-electron chi connectivity index (χ3n) is 6.62. The van der Waals surface area contributed by atoms with Crippen molar-refractivity contribution in [2.45, 2.75) is 51.5 Å². The molecule has 0 saturated carbocycles. The van der Waals surface area contributed by atoms with E-state index in [1.807, 2.05) is 58.0 Å². The van der Waals surface area contributed by atoms with Crippen LogP contribution < -0.4 is 9.62 Å². The zero-order valence-corrected chi connectivity index (χ0v) is 26.1. The van der Waals surface area contributed by atoms with Gasteiger partial charge in [0.2, 0.25) is 11.8 Å². The summed E-state index contributed by atoms with van der Waals surface area (Å²) in [5.74, 6) is -0.583. The Morgan fingerprint density at radius 3 is 2.22 bits per heavy atom. The molecule has 0 aliphatic rings. The van der Waals surface area contributed by atoms with E-state index in [1.165, 1.54) is 29.2 Å². The Labute approximate surface area is 253 Å². The third-order valence-corrected chi connectivity index (χ3v) is 8.95. The maximum absolute atomic E-state index is 14.1. The summed E-state index contributed by atoms with van der Waals surface area (Å²) < 4.78 is 28.9. The third kappa shape index (κ3) is 8.71. The quantitative estimate of drug-likeness (QED) is 0.250. The van der Waals surface area contributed by atoms with E-state index in [2.05, 4.69) is 5.32 Å². The van der Waals surface area contributed by atoms with Crippen molar-refractivity contribution in [3.63, 3.8) is 0 Å². The van der Waals surface area contributed by atoms with Gasteiger partial charge in [-0.2, -0.15) is 0 Å². The average Bonchev–Trinajstić information content (AvgIpc) is 2.94. The molecular formula is C31H37Cl2N3O4S. The first kappa shape index (κ1) is 32.4. The zero-order chi connectivity index (χ0) is 30.2. The van der Waals surface area contributed by atoms with E-state index in [0.717, 1.165) is 15.4 Å². The molecule has 1 unspecified atom stereocenters. The van der Waals surface area contributed by atoms with E-state index in [4.69, 9.17) is 23.2 Å². The molecule has 1 N–H and O–H groups in total. The van der Waals surface area contributed by atoms with Gasteiger partial charge in [-0.1, -0.05) is 92.0 Å². The van der Waals surface area contributed by atoms with E-state index in [0.29, 0.717) is 19.4 Å². The van der Waals surface area contributed by atoms with Gasteiger partial charge in [0.05, 0.1) is 15.6 Å². The molecule has 0 heterocycles. The molecule has 3 aromatic rings. The highest BCUT2D eigenvalue weighted by atomic mass is 35.5. The molecule has 3 aromatic carbocycles. The number of carbonyl (C=O) groups excluding carboxylic acids is 2. The van der Waals surface area contributed by atoms with Gasteiger partial charge in [-0.05, 0) is 61.6 Å². The Bertz CT molecular complexity index is 1430. The monoisotopic (exact) mass is 617 g/mol. The van der Waals surface area contributed by atoms with Gasteiger partial charge in [-0.15, -0.1) is 0 Å². The number of halogens is 2. The molecule has 10 heteroatoms. The summed E-state index contributed by atoms with van der Waals surface area (Å²) in [4.78, 5) is 28.8. The number of nitrogens with one attached hydrogen (secondary N) is 1. The number of rotatable bonds is 13. The molecule has 0 aliphatic carbocycles. The lowest BCUT2D eigenvalue weighted by Crippen LogP contribution is -2.53. The molecule has 0 fully saturated rings. The summed E-state index contributed by atoms with van der Waals surface area (Å²) in [6, 6.07) is 19.6. The fourth-order valence-electron chi connectivity index (χ4n) is 4.35. The minimum absolute atomic E-state index is 0.00416. The number of nitrogens with zero attached hydrogens (tertiary/aromatic N) is 2. The maximum Gasteiger partial charge on any atom is 0.264 e. The average molecular weight is 619 g/mol. The Morgan fingerprint density at radius 2 is 1.61 bits per heavy atom. The van der Waals surface area contributed by atoms with Crippen LogP contribution in [-0.4, -0.2) is 50.8 Å². The molecule has 220 valence electrons. The highest BCUT2D eigenvalue weighted by Gasteiger charge is 2.34. The summed E-state index contributed by atoms with van der Waals surface area (Å²) in [6.07, 6.45) is 0.844. The van der Waals surface area contributed by atoms with Crippen molar-refractivity contribution in [1.82, 2.24) is 10.2 Å². The van der Waals surface area contributed by atoms with E-state index >= 15 is 0 Å². The largest absolute Gasteiger partial charge is 0.354 e. The van der Waals surface area contributed by atoms with E-state index < -0.39 is 28.5 Å². The molecule has 0 saturated heterocycles. The van der Waals surface area contributed by atoms with Gasteiger partial charge < -0.3 is 10.2 Å². The van der Waals surface area contributed by atoms with Crippen LogP contribution in [0.3, 0.4) is 0 Å². The summed E-state index contributed by atoms with van der Waals surface area (Å²) in [5, 5.41) is 3.31. The van der Waals surface area contributed by atoms with Gasteiger partial charge in [0.15, 0.2) is 0 Å². The maximum atomic E-state index is 14.1. The molecule has 3 rings (SSSR count). The van der Waals surface area contributed by atoms with Gasteiger partial charge >= 0.3 is 0 Å². The zero-order valence-electron chi connectivity index (χ0n) is 23.8. The molecule has 2 amide bonds. The van der Waals surface area contributed by atoms with Crippen LogP contribution in [0.5, 0.6) is 0 Å². The highest BCUT2D eigenvalue weighted by Crippen LogP contribution is 2.33. The first-order chi connectivity index (χ1) is 19.4. The van der Waals surface area contributed by atoms with Gasteiger partial charge in [0.25, 0.3) is 10.0 Å². The minimum Gasteiger partial charge on any atom is -0.354 e. The lowest BCUT2D eigenvalue weighted by Gasteiger charge is -2.33. The second-order valence-corrected chi connectivity index (χ2v) is 13.0. The summed E-state index contributed by atoms with van der Waals surface area (Å²) in [5.41, 5.74) is 1.95. The predicted octanol–water partition coefficient (Wildman–Crippen LogP) is 6.12. The van der Waals surface area contributed by atoms with Crippen molar-refractivity contribution in [2.24, 2.45) is 5.92 Å².